The summed E-state index contributed by atoms with van der Waals surface area (Å²) in [6.07, 6.45) is 3.88. The number of aromatic nitrogens is 1. The molecular weight excluding hydrogens is 330 g/mol. The van der Waals surface area contributed by atoms with Crippen molar-refractivity contribution >= 4 is 17.5 Å². The minimum Gasteiger partial charge on any atom is -0.481 e. The highest BCUT2D eigenvalue weighted by Gasteiger charge is 2.34. The third-order valence-electron chi connectivity index (χ3n) is 4.67. The Hall–Kier alpha value is -2.89. The molecule has 2 amide bonds. The lowest BCUT2D eigenvalue weighted by Crippen LogP contribution is -2.46. The first-order valence-electron chi connectivity index (χ1n) is 8.74. The first kappa shape index (κ1) is 17.9. The molecular formula is C20H23N3O3. The molecule has 1 fully saturated rings. The van der Waals surface area contributed by atoms with E-state index in [1.807, 2.05) is 30.3 Å². The molecule has 0 spiro atoms. The molecule has 1 aromatic carbocycles. The van der Waals surface area contributed by atoms with Gasteiger partial charge in [0.05, 0.1) is 19.0 Å². The number of hydrogen-bond acceptors (Lipinski definition) is 4. The zero-order valence-electron chi connectivity index (χ0n) is 15.1. The largest absolute Gasteiger partial charge is 0.481 e. The number of carbonyl (C=O) groups excluding carboxylic acids is 2. The van der Waals surface area contributed by atoms with Crippen LogP contribution in [0.3, 0.4) is 0 Å². The number of pyridine rings is 1. The summed E-state index contributed by atoms with van der Waals surface area (Å²) in [4.78, 5) is 33.2. The van der Waals surface area contributed by atoms with Crippen molar-refractivity contribution in [2.75, 3.05) is 25.6 Å². The van der Waals surface area contributed by atoms with E-state index >= 15 is 0 Å². The third-order valence-corrected chi connectivity index (χ3v) is 4.67. The van der Waals surface area contributed by atoms with Crippen molar-refractivity contribution in [3.63, 3.8) is 0 Å². The molecule has 0 aliphatic carbocycles. The fraction of sp³-hybridized carbons (Fsp3) is 0.350. The highest BCUT2D eigenvalue weighted by molar-refractivity contribution is 5.99. The third kappa shape index (κ3) is 3.69. The summed E-state index contributed by atoms with van der Waals surface area (Å²) >= 11 is 0. The second kappa shape index (κ2) is 7.99. The van der Waals surface area contributed by atoms with Gasteiger partial charge in [-0.1, -0.05) is 30.3 Å². The smallest absolute Gasteiger partial charge is 0.254 e. The van der Waals surface area contributed by atoms with E-state index in [0.29, 0.717) is 24.5 Å². The first-order valence-corrected chi connectivity index (χ1v) is 8.74. The first-order chi connectivity index (χ1) is 12.6. The van der Waals surface area contributed by atoms with Crippen LogP contribution in [0.4, 0.5) is 5.69 Å². The second-order valence-corrected chi connectivity index (χ2v) is 6.31. The highest BCUT2D eigenvalue weighted by Crippen LogP contribution is 2.29. The van der Waals surface area contributed by atoms with Gasteiger partial charge in [-0.15, -0.1) is 0 Å². The molecule has 3 rings (SSSR count). The molecule has 2 heterocycles. The Morgan fingerprint density at radius 3 is 2.58 bits per heavy atom. The Labute approximate surface area is 153 Å². The van der Waals surface area contributed by atoms with Crippen molar-refractivity contribution in [2.45, 2.75) is 25.3 Å². The Morgan fingerprint density at radius 2 is 1.96 bits per heavy atom. The Kier molecular flexibility index (Phi) is 5.51. The number of likely N-dealkylation sites (N-methyl/N-ethyl adjacent to an activating group) is 1. The molecule has 136 valence electrons. The lowest BCUT2D eigenvalue weighted by atomic mass is 10.00. The second-order valence-electron chi connectivity index (χ2n) is 6.31. The standard InChI is InChI=1S/C20H23N3O3/c1-22(16-11-12-17(26-2)21-14-16)20(25)19(15-8-4-3-5-9-15)23-13-7-6-10-18(23)24/h3-5,8-9,11-12,14,19H,6-7,10,13H2,1-2H3. The average Bonchev–Trinajstić information content (AvgIpc) is 2.70. The molecule has 0 saturated carbocycles. The average molecular weight is 353 g/mol. The van der Waals surface area contributed by atoms with Gasteiger partial charge >= 0.3 is 0 Å². The van der Waals surface area contributed by atoms with Gasteiger partial charge in [-0.05, 0) is 24.5 Å². The summed E-state index contributed by atoms with van der Waals surface area (Å²) in [6, 6.07) is 12.3. The zero-order valence-corrected chi connectivity index (χ0v) is 15.1. The molecule has 1 aromatic heterocycles. The molecule has 2 aromatic rings. The SMILES string of the molecule is COc1ccc(N(C)C(=O)C(c2ccccc2)N2CCCCC2=O)cn1. The van der Waals surface area contributed by atoms with E-state index in [1.165, 1.54) is 0 Å². The van der Waals surface area contributed by atoms with Crippen molar-refractivity contribution < 1.29 is 14.3 Å². The molecule has 0 bridgehead atoms. The van der Waals surface area contributed by atoms with E-state index in [0.717, 1.165) is 18.4 Å². The molecule has 1 aliphatic rings. The zero-order chi connectivity index (χ0) is 18.5. The summed E-state index contributed by atoms with van der Waals surface area (Å²) in [5, 5.41) is 0. The molecule has 1 atom stereocenters. The van der Waals surface area contributed by atoms with Crippen LogP contribution in [0.5, 0.6) is 5.88 Å². The van der Waals surface area contributed by atoms with E-state index in [2.05, 4.69) is 4.98 Å². The summed E-state index contributed by atoms with van der Waals surface area (Å²) in [5.74, 6) is 0.360. The summed E-state index contributed by atoms with van der Waals surface area (Å²) in [7, 11) is 3.25. The van der Waals surface area contributed by atoms with Gasteiger partial charge in [-0.3, -0.25) is 9.59 Å². The fourth-order valence-corrected chi connectivity index (χ4v) is 3.19. The van der Waals surface area contributed by atoms with Gasteiger partial charge in [0.15, 0.2) is 0 Å². The van der Waals surface area contributed by atoms with Gasteiger partial charge < -0.3 is 14.5 Å². The van der Waals surface area contributed by atoms with Crippen LogP contribution in [0.1, 0.15) is 30.9 Å². The van der Waals surface area contributed by atoms with Crippen molar-refractivity contribution in [1.29, 1.82) is 0 Å². The number of methoxy groups -OCH3 is 1. The van der Waals surface area contributed by atoms with Crippen molar-refractivity contribution in [3.05, 3.63) is 54.2 Å². The fourth-order valence-electron chi connectivity index (χ4n) is 3.19. The molecule has 1 saturated heterocycles. The van der Waals surface area contributed by atoms with Crippen molar-refractivity contribution in [3.8, 4) is 5.88 Å². The van der Waals surface area contributed by atoms with Gasteiger partial charge in [0.25, 0.3) is 5.91 Å². The van der Waals surface area contributed by atoms with Crippen LogP contribution >= 0.6 is 0 Å². The summed E-state index contributed by atoms with van der Waals surface area (Å²) in [6.45, 7) is 0.596. The maximum atomic E-state index is 13.3. The van der Waals surface area contributed by atoms with E-state index in [-0.39, 0.29) is 11.8 Å². The van der Waals surface area contributed by atoms with Crippen LogP contribution in [0.25, 0.3) is 0 Å². The van der Waals surface area contributed by atoms with Gasteiger partial charge in [-0.25, -0.2) is 4.98 Å². The van der Waals surface area contributed by atoms with Crippen LogP contribution in [0, 0.1) is 0 Å². The number of piperidine rings is 1. The molecule has 6 nitrogen and oxygen atoms in total. The molecule has 6 heteroatoms. The van der Waals surface area contributed by atoms with Crippen molar-refractivity contribution in [2.24, 2.45) is 0 Å². The Bertz CT molecular complexity index is 762. The number of rotatable bonds is 5. The number of hydrogen-bond donors (Lipinski definition) is 0. The number of carbonyl (C=O) groups is 2. The number of ether oxygens (including phenoxy) is 1. The number of nitrogens with zero attached hydrogens (tertiary/aromatic N) is 3. The van der Waals surface area contributed by atoms with E-state index in [4.69, 9.17) is 4.74 Å². The van der Waals surface area contributed by atoms with Crippen LogP contribution in [0.15, 0.2) is 48.7 Å². The van der Waals surface area contributed by atoms with E-state index in [1.54, 1.807) is 42.3 Å². The van der Waals surface area contributed by atoms with Gasteiger partial charge in [0, 0.05) is 26.1 Å². The maximum absolute atomic E-state index is 13.3. The lowest BCUT2D eigenvalue weighted by molar-refractivity contribution is -0.141. The Morgan fingerprint density at radius 1 is 1.19 bits per heavy atom. The van der Waals surface area contributed by atoms with E-state index < -0.39 is 6.04 Å². The highest BCUT2D eigenvalue weighted by atomic mass is 16.5. The van der Waals surface area contributed by atoms with Crippen molar-refractivity contribution in [1.82, 2.24) is 9.88 Å². The molecule has 26 heavy (non-hydrogen) atoms. The lowest BCUT2D eigenvalue weighted by Gasteiger charge is -2.36. The van der Waals surface area contributed by atoms with Gasteiger partial charge in [-0.2, -0.15) is 0 Å². The van der Waals surface area contributed by atoms with Crippen LogP contribution in [-0.4, -0.2) is 42.4 Å². The van der Waals surface area contributed by atoms with Crippen LogP contribution in [0.2, 0.25) is 0 Å². The molecule has 1 unspecified atom stereocenters. The number of likely N-dealkylation sites (tertiary alicyclic amines) is 1. The monoisotopic (exact) mass is 353 g/mol. The van der Waals surface area contributed by atoms with Gasteiger partial charge in [0.1, 0.15) is 6.04 Å². The topological polar surface area (TPSA) is 62.7 Å². The summed E-state index contributed by atoms with van der Waals surface area (Å²) < 4.78 is 5.07. The molecule has 0 radical (unpaired) electrons. The number of amides is 2. The maximum Gasteiger partial charge on any atom is 0.254 e. The Balaban J connectivity index is 1.92. The minimum atomic E-state index is -0.629. The molecule has 0 N–H and O–H groups in total. The number of anilines is 1. The molecule has 1 aliphatic heterocycles. The predicted molar refractivity (Wildman–Crippen MR) is 98.9 cm³/mol. The van der Waals surface area contributed by atoms with Gasteiger partial charge in [0.2, 0.25) is 11.8 Å². The predicted octanol–water partition coefficient (Wildman–Crippen LogP) is 2.81. The normalized spacial score (nSPS) is 15.5. The quantitative estimate of drug-likeness (QED) is 0.829. The van der Waals surface area contributed by atoms with Crippen LogP contribution in [-0.2, 0) is 9.59 Å². The van der Waals surface area contributed by atoms with Crippen LogP contribution < -0.4 is 9.64 Å². The minimum absolute atomic E-state index is 0.0275. The number of benzene rings is 1. The summed E-state index contributed by atoms with van der Waals surface area (Å²) in [5.41, 5.74) is 1.47. The van der Waals surface area contributed by atoms with E-state index in [9.17, 15) is 9.59 Å².